The summed E-state index contributed by atoms with van der Waals surface area (Å²) >= 11 is 0. The zero-order valence-corrected chi connectivity index (χ0v) is 9.92. The Balaban J connectivity index is 4.15. The van der Waals surface area contributed by atoms with Crippen LogP contribution < -0.4 is 5.73 Å². The smallest absolute Gasteiger partial charge is 0.223 e. The first-order chi connectivity index (χ1) is 6.52. The van der Waals surface area contributed by atoms with Crippen molar-refractivity contribution in [2.75, 3.05) is 13.1 Å². The Morgan fingerprint density at radius 3 is 2.29 bits per heavy atom. The molecule has 0 fully saturated rings. The van der Waals surface area contributed by atoms with Gasteiger partial charge in [-0.1, -0.05) is 13.8 Å². The van der Waals surface area contributed by atoms with E-state index in [1.807, 2.05) is 11.8 Å². The summed E-state index contributed by atoms with van der Waals surface area (Å²) in [5, 5.41) is 0. The molecule has 2 N–H and O–H groups in total. The van der Waals surface area contributed by atoms with E-state index in [-0.39, 0.29) is 5.91 Å². The molecule has 14 heavy (non-hydrogen) atoms. The van der Waals surface area contributed by atoms with Crippen LogP contribution in [0.3, 0.4) is 0 Å². The van der Waals surface area contributed by atoms with Crippen molar-refractivity contribution < 1.29 is 4.79 Å². The molecule has 0 aromatic carbocycles. The van der Waals surface area contributed by atoms with E-state index < -0.39 is 0 Å². The van der Waals surface area contributed by atoms with Crippen molar-refractivity contribution in [3.05, 3.63) is 0 Å². The second-order valence-corrected chi connectivity index (χ2v) is 4.23. The summed E-state index contributed by atoms with van der Waals surface area (Å²) in [6.45, 7) is 9.66. The molecule has 3 heteroatoms. The first-order valence-electron chi connectivity index (χ1n) is 5.52. The molecule has 0 aliphatic carbocycles. The summed E-state index contributed by atoms with van der Waals surface area (Å²) in [5.41, 5.74) is 5.50. The highest BCUT2D eigenvalue weighted by atomic mass is 16.2. The molecule has 0 aromatic rings. The molecule has 0 heterocycles. The minimum atomic E-state index is 0.236. The third kappa shape index (κ3) is 4.61. The first-order valence-corrected chi connectivity index (χ1v) is 5.52. The van der Waals surface area contributed by atoms with E-state index in [1.165, 1.54) is 0 Å². The van der Waals surface area contributed by atoms with E-state index in [2.05, 4.69) is 20.8 Å². The lowest BCUT2D eigenvalue weighted by atomic mass is 10.1. The van der Waals surface area contributed by atoms with Crippen LogP contribution in [0, 0.1) is 5.92 Å². The fraction of sp³-hybridized carbons (Fsp3) is 0.909. The molecule has 0 saturated carbocycles. The highest BCUT2D eigenvalue weighted by molar-refractivity contribution is 5.76. The number of hydrogen-bond donors (Lipinski definition) is 1. The second kappa shape index (κ2) is 6.82. The van der Waals surface area contributed by atoms with Crippen molar-refractivity contribution in [1.29, 1.82) is 0 Å². The van der Waals surface area contributed by atoms with Crippen LogP contribution in [0.2, 0.25) is 0 Å². The van der Waals surface area contributed by atoms with Crippen molar-refractivity contribution in [1.82, 2.24) is 4.90 Å². The molecule has 0 bridgehead atoms. The van der Waals surface area contributed by atoms with E-state index in [0.717, 1.165) is 13.0 Å². The number of hydrogen-bond acceptors (Lipinski definition) is 2. The van der Waals surface area contributed by atoms with Crippen molar-refractivity contribution in [2.24, 2.45) is 11.7 Å². The van der Waals surface area contributed by atoms with Crippen molar-refractivity contribution in [3.8, 4) is 0 Å². The minimum absolute atomic E-state index is 0.236. The van der Waals surface area contributed by atoms with Crippen LogP contribution in [0.5, 0.6) is 0 Å². The van der Waals surface area contributed by atoms with E-state index in [0.29, 0.717) is 24.9 Å². The summed E-state index contributed by atoms with van der Waals surface area (Å²) in [6, 6.07) is 0.299. The van der Waals surface area contributed by atoms with Gasteiger partial charge in [-0.25, -0.2) is 0 Å². The quantitative estimate of drug-likeness (QED) is 0.708. The number of amides is 1. The Labute approximate surface area is 87.6 Å². The molecule has 0 spiro atoms. The maximum Gasteiger partial charge on any atom is 0.223 e. The summed E-state index contributed by atoms with van der Waals surface area (Å²) in [7, 11) is 0. The van der Waals surface area contributed by atoms with Crippen LogP contribution in [0.25, 0.3) is 0 Å². The topological polar surface area (TPSA) is 46.3 Å². The van der Waals surface area contributed by atoms with Gasteiger partial charge in [-0.05, 0) is 32.7 Å². The van der Waals surface area contributed by atoms with E-state index >= 15 is 0 Å². The molecule has 0 saturated heterocycles. The monoisotopic (exact) mass is 200 g/mol. The number of nitrogens with two attached hydrogens (primary N) is 1. The van der Waals surface area contributed by atoms with Gasteiger partial charge in [0.2, 0.25) is 5.91 Å². The predicted molar refractivity (Wildman–Crippen MR) is 60.0 cm³/mol. The Hall–Kier alpha value is -0.570. The average Bonchev–Trinajstić information content (AvgIpc) is 2.13. The molecule has 0 aliphatic rings. The van der Waals surface area contributed by atoms with Gasteiger partial charge < -0.3 is 10.6 Å². The average molecular weight is 200 g/mol. The van der Waals surface area contributed by atoms with Gasteiger partial charge in [0.05, 0.1) is 0 Å². The fourth-order valence-corrected chi connectivity index (χ4v) is 1.41. The summed E-state index contributed by atoms with van der Waals surface area (Å²) in [6.07, 6.45) is 1.59. The minimum Gasteiger partial charge on any atom is -0.340 e. The third-order valence-corrected chi connectivity index (χ3v) is 2.33. The van der Waals surface area contributed by atoms with Gasteiger partial charge >= 0.3 is 0 Å². The van der Waals surface area contributed by atoms with Gasteiger partial charge in [0.15, 0.2) is 0 Å². The zero-order chi connectivity index (χ0) is 11.1. The van der Waals surface area contributed by atoms with Crippen LogP contribution >= 0.6 is 0 Å². The number of nitrogens with zero attached hydrogens (tertiary/aromatic N) is 1. The van der Waals surface area contributed by atoms with Crippen LogP contribution in [0.15, 0.2) is 0 Å². The zero-order valence-electron chi connectivity index (χ0n) is 9.92. The van der Waals surface area contributed by atoms with Gasteiger partial charge in [-0.3, -0.25) is 4.79 Å². The molecule has 84 valence electrons. The number of rotatable bonds is 6. The number of carbonyl (C=O) groups excluding carboxylic acids is 1. The summed E-state index contributed by atoms with van der Waals surface area (Å²) in [5.74, 6) is 0.528. The molecule has 0 rings (SSSR count). The molecule has 3 nitrogen and oxygen atoms in total. The Morgan fingerprint density at radius 2 is 1.93 bits per heavy atom. The van der Waals surface area contributed by atoms with Crippen molar-refractivity contribution >= 4 is 5.91 Å². The molecule has 1 amide bonds. The van der Waals surface area contributed by atoms with Crippen molar-refractivity contribution in [3.63, 3.8) is 0 Å². The van der Waals surface area contributed by atoms with Gasteiger partial charge in [-0.2, -0.15) is 0 Å². The van der Waals surface area contributed by atoms with Gasteiger partial charge in [0.1, 0.15) is 0 Å². The normalized spacial score (nSPS) is 13.0. The molecule has 0 radical (unpaired) electrons. The molecule has 0 aliphatic heterocycles. The standard InChI is InChI=1S/C11H24N2O/c1-5-6-13(9(2)3)11(14)7-10(4)8-12/h9-10H,5-8,12H2,1-4H3. The fourth-order valence-electron chi connectivity index (χ4n) is 1.41. The molecule has 0 aromatic heterocycles. The lowest BCUT2D eigenvalue weighted by Gasteiger charge is -2.27. The van der Waals surface area contributed by atoms with Gasteiger partial charge in [-0.15, -0.1) is 0 Å². The maximum atomic E-state index is 11.8. The third-order valence-electron chi connectivity index (χ3n) is 2.33. The molecular weight excluding hydrogens is 176 g/mol. The van der Waals surface area contributed by atoms with E-state index in [4.69, 9.17) is 5.73 Å². The highest BCUT2D eigenvalue weighted by Crippen LogP contribution is 2.08. The maximum absolute atomic E-state index is 11.8. The Morgan fingerprint density at radius 1 is 1.36 bits per heavy atom. The van der Waals surface area contributed by atoms with Crippen LogP contribution in [-0.2, 0) is 4.79 Å². The van der Waals surface area contributed by atoms with E-state index in [1.54, 1.807) is 0 Å². The second-order valence-electron chi connectivity index (χ2n) is 4.23. The summed E-state index contributed by atoms with van der Waals surface area (Å²) < 4.78 is 0. The van der Waals surface area contributed by atoms with Crippen molar-refractivity contribution in [2.45, 2.75) is 46.6 Å². The molecule has 1 atom stereocenters. The largest absolute Gasteiger partial charge is 0.340 e. The van der Waals surface area contributed by atoms with Gasteiger partial charge in [0, 0.05) is 19.0 Å². The SMILES string of the molecule is CCCN(C(=O)CC(C)CN)C(C)C. The summed E-state index contributed by atoms with van der Waals surface area (Å²) in [4.78, 5) is 13.8. The van der Waals surface area contributed by atoms with Gasteiger partial charge in [0.25, 0.3) is 0 Å². The number of carbonyl (C=O) groups is 1. The van der Waals surface area contributed by atoms with E-state index in [9.17, 15) is 4.79 Å². The lowest BCUT2D eigenvalue weighted by molar-refractivity contribution is -0.133. The molecular formula is C11H24N2O. The highest BCUT2D eigenvalue weighted by Gasteiger charge is 2.17. The lowest BCUT2D eigenvalue weighted by Crippen LogP contribution is -2.38. The van der Waals surface area contributed by atoms with Crippen LogP contribution in [0.1, 0.15) is 40.5 Å². The van der Waals surface area contributed by atoms with Crippen LogP contribution in [-0.4, -0.2) is 29.9 Å². The predicted octanol–water partition coefficient (Wildman–Crippen LogP) is 1.62. The first kappa shape index (κ1) is 13.4. The Kier molecular flexibility index (Phi) is 6.54. The molecule has 1 unspecified atom stereocenters. The van der Waals surface area contributed by atoms with Crippen LogP contribution in [0.4, 0.5) is 0 Å². The Bertz CT molecular complexity index is 169.